The largest absolute Gasteiger partial charge is 0.465 e. The Balaban J connectivity index is 2.63. The predicted octanol–water partition coefficient (Wildman–Crippen LogP) is 2.17. The third kappa shape index (κ3) is 5.38. The van der Waals surface area contributed by atoms with E-state index in [1.54, 1.807) is 19.1 Å². The van der Waals surface area contributed by atoms with Gasteiger partial charge in [-0.1, -0.05) is 19.1 Å². The molecule has 110 valence electrons. The molecule has 0 aliphatic carbocycles. The number of ether oxygens (including phenoxy) is 1. The van der Waals surface area contributed by atoms with E-state index in [2.05, 4.69) is 0 Å². The molecule has 0 saturated carbocycles. The van der Waals surface area contributed by atoms with Gasteiger partial charge in [-0.15, -0.1) is 0 Å². The summed E-state index contributed by atoms with van der Waals surface area (Å²) in [4.78, 5) is 25.1. The van der Waals surface area contributed by atoms with Crippen LogP contribution in [0.1, 0.15) is 25.8 Å². The highest BCUT2D eigenvalue weighted by Crippen LogP contribution is 2.06. The Morgan fingerprint density at radius 3 is 2.40 bits per heavy atom. The van der Waals surface area contributed by atoms with Crippen LogP contribution in [0, 0.1) is 5.82 Å². The van der Waals surface area contributed by atoms with Crippen LogP contribution in [0.5, 0.6) is 0 Å². The van der Waals surface area contributed by atoms with Crippen molar-refractivity contribution in [1.29, 1.82) is 0 Å². The monoisotopic (exact) mass is 281 g/mol. The second kappa shape index (κ2) is 8.30. The van der Waals surface area contributed by atoms with Crippen LogP contribution < -0.4 is 0 Å². The van der Waals surface area contributed by atoms with Crippen LogP contribution in [0.4, 0.5) is 4.39 Å². The number of nitrogens with zero attached hydrogens (tertiary/aromatic N) is 1. The zero-order chi connectivity index (χ0) is 15.0. The van der Waals surface area contributed by atoms with Gasteiger partial charge in [0.1, 0.15) is 12.4 Å². The van der Waals surface area contributed by atoms with Crippen molar-refractivity contribution in [2.45, 2.75) is 26.7 Å². The summed E-state index contributed by atoms with van der Waals surface area (Å²) in [7, 11) is 0. The minimum Gasteiger partial charge on any atom is -0.465 e. The smallest absolute Gasteiger partial charge is 0.325 e. The van der Waals surface area contributed by atoms with E-state index in [1.807, 2.05) is 6.92 Å². The van der Waals surface area contributed by atoms with Crippen LogP contribution >= 0.6 is 0 Å². The molecule has 0 fully saturated rings. The molecular formula is C15H20FNO3. The van der Waals surface area contributed by atoms with E-state index >= 15 is 0 Å². The maximum absolute atomic E-state index is 12.8. The molecule has 4 nitrogen and oxygen atoms in total. The lowest BCUT2D eigenvalue weighted by atomic mass is 10.1. The van der Waals surface area contributed by atoms with E-state index in [0.29, 0.717) is 13.2 Å². The summed E-state index contributed by atoms with van der Waals surface area (Å²) in [6.07, 6.45) is 0.911. The zero-order valence-corrected chi connectivity index (χ0v) is 11.9. The summed E-state index contributed by atoms with van der Waals surface area (Å²) in [6, 6.07) is 5.78. The molecule has 1 aromatic carbocycles. The van der Waals surface area contributed by atoms with Gasteiger partial charge in [0, 0.05) is 6.54 Å². The third-order valence-electron chi connectivity index (χ3n) is 2.74. The Morgan fingerprint density at radius 1 is 1.20 bits per heavy atom. The van der Waals surface area contributed by atoms with Crippen LogP contribution in [-0.2, 0) is 20.7 Å². The van der Waals surface area contributed by atoms with Crippen molar-refractivity contribution in [2.24, 2.45) is 0 Å². The number of carbonyl (C=O) groups is 2. The Hall–Kier alpha value is -1.91. The van der Waals surface area contributed by atoms with Crippen LogP contribution in [0.2, 0.25) is 0 Å². The molecule has 0 bridgehead atoms. The van der Waals surface area contributed by atoms with Gasteiger partial charge in [0.25, 0.3) is 0 Å². The zero-order valence-electron chi connectivity index (χ0n) is 11.9. The van der Waals surface area contributed by atoms with Gasteiger partial charge >= 0.3 is 5.97 Å². The molecule has 0 saturated heterocycles. The quantitative estimate of drug-likeness (QED) is 0.720. The molecule has 1 amide bonds. The predicted molar refractivity (Wildman–Crippen MR) is 73.6 cm³/mol. The number of esters is 1. The topological polar surface area (TPSA) is 46.6 Å². The normalized spacial score (nSPS) is 10.2. The molecule has 1 rings (SSSR count). The molecule has 0 spiro atoms. The van der Waals surface area contributed by atoms with Gasteiger partial charge in [-0.2, -0.15) is 0 Å². The number of amides is 1. The second-order valence-electron chi connectivity index (χ2n) is 4.42. The molecule has 1 aromatic rings. The third-order valence-corrected chi connectivity index (χ3v) is 2.74. The van der Waals surface area contributed by atoms with Crippen molar-refractivity contribution in [1.82, 2.24) is 4.90 Å². The lowest BCUT2D eigenvalue weighted by Gasteiger charge is -2.21. The molecule has 0 N–H and O–H groups in total. The van der Waals surface area contributed by atoms with Crippen LogP contribution in [0.25, 0.3) is 0 Å². The van der Waals surface area contributed by atoms with E-state index in [1.165, 1.54) is 17.0 Å². The molecule has 0 heterocycles. The fourth-order valence-electron chi connectivity index (χ4n) is 1.81. The van der Waals surface area contributed by atoms with Crippen LogP contribution in [0.15, 0.2) is 24.3 Å². The average molecular weight is 281 g/mol. The minimum absolute atomic E-state index is 0.0400. The van der Waals surface area contributed by atoms with Crippen molar-refractivity contribution in [3.8, 4) is 0 Å². The number of rotatable bonds is 7. The molecule has 0 unspecified atom stereocenters. The molecule has 0 aliphatic rings. The average Bonchev–Trinajstić information content (AvgIpc) is 2.41. The van der Waals surface area contributed by atoms with Crippen LogP contribution in [0.3, 0.4) is 0 Å². The number of hydrogen-bond acceptors (Lipinski definition) is 3. The van der Waals surface area contributed by atoms with E-state index in [4.69, 9.17) is 4.74 Å². The summed E-state index contributed by atoms with van der Waals surface area (Å²) < 4.78 is 17.7. The van der Waals surface area contributed by atoms with Crippen molar-refractivity contribution in [3.63, 3.8) is 0 Å². The molecule has 0 radical (unpaired) electrons. The summed E-state index contributed by atoms with van der Waals surface area (Å²) in [5.41, 5.74) is 0.723. The minimum atomic E-state index is -0.409. The van der Waals surface area contributed by atoms with E-state index in [0.717, 1.165) is 12.0 Å². The van der Waals surface area contributed by atoms with Crippen molar-refractivity contribution in [2.75, 3.05) is 19.7 Å². The van der Waals surface area contributed by atoms with Crippen molar-refractivity contribution in [3.05, 3.63) is 35.6 Å². The van der Waals surface area contributed by atoms with Gasteiger partial charge < -0.3 is 9.64 Å². The highest BCUT2D eigenvalue weighted by Gasteiger charge is 2.17. The van der Waals surface area contributed by atoms with Crippen LogP contribution in [-0.4, -0.2) is 36.5 Å². The van der Waals surface area contributed by atoms with Crippen molar-refractivity contribution < 1.29 is 18.7 Å². The summed E-state index contributed by atoms with van der Waals surface area (Å²) >= 11 is 0. The molecule has 0 aromatic heterocycles. The molecular weight excluding hydrogens is 261 g/mol. The number of hydrogen-bond donors (Lipinski definition) is 0. The van der Waals surface area contributed by atoms with Gasteiger partial charge in [-0.05, 0) is 31.0 Å². The molecule has 0 atom stereocenters. The SMILES string of the molecule is CCCN(CC(=O)OCC)C(=O)Cc1ccc(F)cc1. The van der Waals surface area contributed by atoms with Gasteiger partial charge in [-0.3, -0.25) is 9.59 Å². The first kappa shape index (κ1) is 16.1. The second-order valence-corrected chi connectivity index (χ2v) is 4.42. The fourth-order valence-corrected chi connectivity index (χ4v) is 1.81. The lowest BCUT2D eigenvalue weighted by Crippen LogP contribution is -2.38. The van der Waals surface area contributed by atoms with E-state index < -0.39 is 5.97 Å². The first-order valence-corrected chi connectivity index (χ1v) is 6.74. The standard InChI is InChI=1S/C15H20FNO3/c1-3-9-17(11-15(19)20-4-2)14(18)10-12-5-7-13(16)8-6-12/h5-8H,3-4,9-11H2,1-2H3. The highest BCUT2D eigenvalue weighted by atomic mass is 19.1. The Labute approximate surface area is 118 Å². The summed E-state index contributed by atoms with van der Waals surface area (Å²) in [5, 5.41) is 0. The van der Waals surface area contributed by atoms with Gasteiger partial charge in [-0.25, -0.2) is 4.39 Å². The highest BCUT2D eigenvalue weighted by molar-refractivity contribution is 5.83. The Bertz CT molecular complexity index is 445. The van der Waals surface area contributed by atoms with E-state index in [-0.39, 0.29) is 24.7 Å². The maximum Gasteiger partial charge on any atom is 0.325 e. The summed E-state index contributed by atoms with van der Waals surface area (Å²) in [5.74, 6) is -0.905. The molecule has 5 heteroatoms. The van der Waals surface area contributed by atoms with Gasteiger partial charge in [0.2, 0.25) is 5.91 Å². The number of carbonyl (C=O) groups excluding carboxylic acids is 2. The Morgan fingerprint density at radius 2 is 1.85 bits per heavy atom. The summed E-state index contributed by atoms with van der Waals surface area (Å²) in [6.45, 7) is 4.41. The number of benzene rings is 1. The maximum atomic E-state index is 12.8. The molecule has 0 aliphatic heterocycles. The fraction of sp³-hybridized carbons (Fsp3) is 0.467. The lowest BCUT2D eigenvalue weighted by molar-refractivity contribution is -0.148. The first-order chi connectivity index (χ1) is 9.56. The van der Waals surface area contributed by atoms with Gasteiger partial charge in [0.15, 0.2) is 0 Å². The van der Waals surface area contributed by atoms with Crippen molar-refractivity contribution >= 4 is 11.9 Å². The van der Waals surface area contributed by atoms with Gasteiger partial charge in [0.05, 0.1) is 13.0 Å². The molecule has 20 heavy (non-hydrogen) atoms. The number of halogens is 1. The first-order valence-electron chi connectivity index (χ1n) is 6.74. The Kier molecular flexibility index (Phi) is 6.70. The van der Waals surface area contributed by atoms with E-state index in [9.17, 15) is 14.0 Å².